The molecule has 1 atom stereocenters. The Bertz CT molecular complexity index is 1720. The summed E-state index contributed by atoms with van der Waals surface area (Å²) >= 11 is 0. The second-order valence-electron chi connectivity index (χ2n) is 9.50. The molecule has 0 aliphatic rings. The van der Waals surface area contributed by atoms with Crippen LogP contribution in [0.1, 0.15) is 48.7 Å². The van der Waals surface area contributed by atoms with Gasteiger partial charge < -0.3 is 4.90 Å². The molecule has 0 N–H and O–H groups in total. The predicted octanol–water partition coefficient (Wildman–Crippen LogP) is 5.50. The van der Waals surface area contributed by atoms with Gasteiger partial charge in [-0.15, -0.1) is 0 Å². The van der Waals surface area contributed by atoms with E-state index in [1.165, 1.54) is 34.6 Å². The molecule has 2 aromatic heterocycles. The van der Waals surface area contributed by atoms with Crippen LogP contribution in [0.25, 0.3) is 16.8 Å². The first-order chi connectivity index (χ1) is 19.4. The van der Waals surface area contributed by atoms with E-state index in [0.717, 1.165) is 6.07 Å². The number of alkyl halides is 3. The molecule has 41 heavy (non-hydrogen) atoms. The molecule has 2 heterocycles. The molecule has 0 unspecified atom stereocenters. The summed E-state index contributed by atoms with van der Waals surface area (Å²) in [5.74, 6) is -2.32. The highest BCUT2D eigenvalue weighted by Gasteiger charge is 2.35. The van der Waals surface area contributed by atoms with Gasteiger partial charge >= 0.3 is 6.18 Å². The summed E-state index contributed by atoms with van der Waals surface area (Å²) in [7, 11) is 0. The van der Waals surface area contributed by atoms with Crippen LogP contribution in [0.3, 0.4) is 0 Å². The molecule has 4 rings (SSSR count). The van der Waals surface area contributed by atoms with Gasteiger partial charge in [-0.3, -0.25) is 18.8 Å². The van der Waals surface area contributed by atoms with Gasteiger partial charge in [0.1, 0.15) is 17.2 Å². The summed E-state index contributed by atoms with van der Waals surface area (Å²) in [4.78, 5) is 45.1. The van der Waals surface area contributed by atoms with Gasteiger partial charge in [-0.05, 0) is 61.4 Å². The number of halogens is 4. The normalized spacial score (nSPS) is 12.1. The lowest BCUT2D eigenvalue weighted by Crippen LogP contribution is -2.38. The maximum atomic E-state index is 13.8. The zero-order valence-electron chi connectivity index (χ0n) is 22.1. The Morgan fingerprint density at radius 2 is 1.80 bits per heavy atom. The van der Waals surface area contributed by atoms with E-state index in [9.17, 15) is 37.2 Å². The maximum Gasteiger partial charge on any atom is 0.419 e. The van der Waals surface area contributed by atoms with Crippen molar-refractivity contribution in [2.45, 2.75) is 38.9 Å². The summed E-state index contributed by atoms with van der Waals surface area (Å²) in [6, 6.07) is 14.6. The molecule has 11 heteroatoms. The summed E-state index contributed by atoms with van der Waals surface area (Å²) in [6.07, 6.45) is -3.97. The minimum absolute atomic E-state index is 0.0495. The zero-order valence-corrected chi connectivity index (χ0v) is 22.1. The van der Waals surface area contributed by atoms with E-state index in [0.29, 0.717) is 28.9 Å². The quantitative estimate of drug-likeness (QED) is 0.263. The largest absolute Gasteiger partial charge is 0.419 e. The van der Waals surface area contributed by atoms with E-state index in [4.69, 9.17) is 0 Å². The average Bonchev–Trinajstić information content (AvgIpc) is 2.93. The Balaban J connectivity index is 1.82. The molecule has 4 aromatic rings. The summed E-state index contributed by atoms with van der Waals surface area (Å²) < 4.78 is 55.0. The second-order valence-corrected chi connectivity index (χ2v) is 9.50. The number of amides is 1. The lowest BCUT2D eigenvalue weighted by Gasteiger charge is -2.30. The van der Waals surface area contributed by atoms with Crippen LogP contribution in [0.4, 0.5) is 17.6 Å². The monoisotopic (exact) mass is 564 g/mol. The summed E-state index contributed by atoms with van der Waals surface area (Å²) in [5, 5.41) is 9.19. The molecule has 2 aromatic carbocycles. The number of nitrogens with zero attached hydrogens (tertiary/aromatic N) is 4. The summed E-state index contributed by atoms with van der Waals surface area (Å²) in [5.41, 5.74) is -0.521. The van der Waals surface area contributed by atoms with E-state index in [1.807, 2.05) is 6.07 Å². The molecule has 1 amide bonds. The highest BCUT2D eigenvalue weighted by atomic mass is 19.4. The van der Waals surface area contributed by atoms with Crippen LogP contribution in [0.5, 0.6) is 0 Å². The van der Waals surface area contributed by atoms with Gasteiger partial charge in [-0.1, -0.05) is 24.3 Å². The molecule has 0 aliphatic carbocycles. The first-order valence-corrected chi connectivity index (χ1v) is 12.6. The van der Waals surface area contributed by atoms with Gasteiger partial charge in [0.2, 0.25) is 5.91 Å². The molecule has 0 fully saturated rings. The molecular weight excluding hydrogens is 540 g/mol. The first-order valence-electron chi connectivity index (χ1n) is 12.6. The Morgan fingerprint density at radius 3 is 2.44 bits per heavy atom. The van der Waals surface area contributed by atoms with Crippen LogP contribution < -0.4 is 5.56 Å². The lowest BCUT2D eigenvalue weighted by atomic mass is 9.98. The highest BCUT2D eigenvalue weighted by molar-refractivity contribution is 5.81. The van der Waals surface area contributed by atoms with E-state index in [-0.39, 0.29) is 35.6 Å². The molecule has 7 nitrogen and oxygen atoms in total. The van der Waals surface area contributed by atoms with Gasteiger partial charge in [0, 0.05) is 19.2 Å². The molecule has 0 saturated carbocycles. The van der Waals surface area contributed by atoms with Gasteiger partial charge in [-0.25, -0.2) is 9.37 Å². The molecule has 210 valence electrons. The topological polar surface area (TPSA) is 95.5 Å². The van der Waals surface area contributed by atoms with Crippen molar-refractivity contribution >= 4 is 17.3 Å². The molecular formula is C30H24F4N4O3. The number of hydrogen-bond acceptors (Lipinski definition) is 5. The van der Waals surface area contributed by atoms with Gasteiger partial charge in [0.25, 0.3) is 5.56 Å². The second kappa shape index (κ2) is 11.7. The van der Waals surface area contributed by atoms with Crippen molar-refractivity contribution in [1.82, 2.24) is 14.3 Å². The molecule has 0 radical (unpaired) electrons. The van der Waals surface area contributed by atoms with Crippen LogP contribution in [0, 0.1) is 17.1 Å². The molecule has 0 bridgehead atoms. The number of benzene rings is 2. The fourth-order valence-electron chi connectivity index (χ4n) is 4.53. The highest BCUT2D eigenvalue weighted by Crippen LogP contribution is 2.33. The standard InChI is InChI=1S/C30H24F4N4O3/c1-18(39)12-14-37(26(40)16-21-8-11-24(31)23(15-21)30(32,33)34)19(2)28-27(22-9-6-20(17-35)7-10-22)29(41)38-13-4-3-5-25(38)36-28/h3-11,13,15,19H,12,14,16H2,1-2H3/t19-/m1/s1. The minimum Gasteiger partial charge on any atom is -0.334 e. The van der Waals surface area contributed by atoms with E-state index in [2.05, 4.69) is 4.98 Å². The van der Waals surface area contributed by atoms with Crippen LogP contribution in [0.2, 0.25) is 0 Å². The van der Waals surface area contributed by atoms with Crippen LogP contribution in [-0.2, 0) is 22.2 Å². The lowest BCUT2D eigenvalue weighted by molar-refractivity contribution is -0.140. The van der Waals surface area contributed by atoms with Crippen LogP contribution >= 0.6 is 0 Å². The number of nitriles is 1. The first kappa shape index (κ1) is 29.1. The van der Waals surface area contributed by atoms with Crippen molar-refractivity contribution in [3.05, 3.63) is 105 Å². The zero-order chi connectivity index (χ0) is 29.9. The van der Waals surface area contributed by atoms with Crippen molar-refractivity contribution in [2.75, 3.05) is 6.54 Å². The third kappa shape index (κ3) is 6.32. The Labute approximate surface area is 232 Å². The van der Waals surface area contributed by atoms with E-state index >= 15 is 0 Å². The number of fused-ring (bicyclic) bond motifs is 1. The number of hydrogen-bond donors (Lipinski definition) is 0. The van der Waals surface area contributed by atoms with Gasteiger partial charge in [0.05, 0.1) is 40.9 Å². The Kier molecular flexibility index (Phi) is 8.33. The predicted molar refractivity (Wildman–Crippen MR) is 142 cm³/mol. The van der Waals surface area contributed by atoms with Gasteiger partial charge in [0.15, 0.2) is 0 Å². The number of Topliss-reactive ketones (excluding diaryl/α,β-unsaturated/α-hetero) is 1. The fraction of sp³-hybridized carbons (Fsp3) is 0.233. The SMILES string of the molecule is CC(=O)CCN(C(=O)Cc1ccc(F)c(C(F)(F)F)c1)[C@H](C)c1nc2ccccn2c(=O)c1-c1ccc(C#N)cc1. The minimum atomic E-state index is -4.95. The van der Waals surface area contributed by atoms with Crippen molar-refractivity contribution in [3.8, 4) is 17.2 Å². The fourth-order valence-corrected chi connectivity index (χ4v) is 4.53. The third-order valence-electron chi connectivity index (χ3n) is 6.64. The van der Waals surface area contributed by atoms with E-state index < -0.39 is 41.5 Å². The van der Waals surface area contributed by atoms with Crippen molar-refractivity contribution < 1.29 is 27.2 Å². The Hall–Kier alpha value is -4.85. The van der Waals surface area contributed by atoms with Crippen molar-refractivity contribution in [3.63, 3.8) is 0 Å². The average molecular weight is 565 g/mol. The number of ketones is 1. The number of aromatic nitrogens is 2. The van der Waals surface area contributed by atoms with Crippen LogP contribution in [0.15, 0.2) is 71.7 Å². The number of carbonyl (C=O) groups is 2. The Morgan fingerprint density at radius 1 is 1.10 bits per heavy atom. The number of carbonyl (C=O) groups excluding carboxylic acids is 2. The number of pyridine rings is 1. The molecule has 0 aliphatic heterocycles. The van der Waals surface area contributed by atoms with Crippen molar-refractivity contribution in [1.29, 1.82) is 5.26 Å². The maximum absolute atomic E-state index is 13.8. The number of rotatable bonds is 8. The molecule has 0 spiro atoms. The van der Waals surface area contributed by atoms with Gasteiger partial charge in [-0.2, -0.15) is 18.4 Å². The van der Waals surface area contributed by atoms with Crippen molar-refractivity contribution in [2.24, 2.45) is 0 Å². The smallest absolute Gasteiger partial charge is 0.334 e. The van der Waals surface area contributed by atoms with Crippen LogP contribution in [-0.4, -0.2) is 32.5 Å². The van der Waals surface area contributed by atoms with E-state index in [1.54, 1.807) is 37.3 Å². The third-order valence-corrected chi connectivity index (χ3v) is 6.64. The molecule has 0 saturated heterocycles. The summed E-state index contributed by atoms with van der Waals surface area (Å²) in [6.45, 7) is 2.86.